The highest BCUT2D eigenvalue weighted by Crippen LogP contribution is 2.39. The highest BCUT2D eigenvalue weighted by molar-refractivity contribution is 6.07. The number of piperazine rings is 1. The molecule has 0 unspecified atom stereocenters. The lowest BCUT2D eigenvalue weighted by Gasteiger charge is -2.34. The molecule has 1 fully saturated rings. The number of hydrogen-bond acceptors (Lipinski definition) is 4. The minimum absolute atomic E-state index is 0.179. The van der Waals surface area contributed by atoms with Crippen LogP contribution in [0.4, 0.5) is 10.1 Å². The van der Waals surface area contributed by atoms with Gasteiger partial charge in [0.25, 0.3) is 0 Å². The summed E-state index contributed by atoms with van der Waals surface area (Å²) in [6.45, 7) is 6.49. The number of fused-ring (bicyclic) bond motifs is 5. The molecule has 0 aromatic heterocycles. The first-order chi connectivity index (χ1) is 14.1. The Hall–Kier alpha value is -2.86. The molecule has 3 aliphatic rings. The van der Waals surface area contributed by atoms with Crippen LogP contribution >= 0.6 is 0 Å². The molecule has 0 saturated carbocycles. The lowest BCUT2D eigenvalue weighted by Crippen LogP contribution is -2.44. The summed E-state index contributed by atoms with van der Waals surface area (Å²) in [6.07, 6.45) is 2.14. The predicted molar refractivity (Wildman–Crippen MR) is 116 cm³/mol. The Morgan fingerprint density at radius 1 is 1.07 bits per heavy atom. The van der Waals surface area contributed by atoms with Gasteiger partial charge in [0.2, 0.25) is 0 Å². The molecule has 3 heterocycles. The molecule has 0 spiro atoms. The Labute approximate surface area is 169 Å². The first-order valence-electron chi connectivity index (χ1n) is 10.1. The van der Waals surface area contributed by atoms with Crippen LogP contribution in [0.5, 0.6) is 5.75 Å². The second-order valence-electron chi connectivity index (χ2n) is 7.78. The molecule has 2 aromatic rings. The van der Waals surface area contributed by atoms with Gasteiger partial charge in [-0.1, -0.05) is 0 Å². The Balaban J connectivity index is 1.74. The Morgan fingerprint density at radius 2 is 1.86 bits per heavy atom. The number of rotatable bonds is 3. The fourth-order valence-electron chi connectivity index (χ4n) is 4.35. The number of pyridine rings is 1. The largest absolute Gasteiger partial charge is 0.497 e. The van der Waals surface area contributed by atoms with E-state index in [1.807, 2.05) is 24.3 Å². The molecule has 0 radical (unpaired) electrons. The second-order valence-corrected chi connectivity index (χ2v) is 7.78. The molecule has 1 saturated heterocycles. The van der Waals surface area contributed by atoms with Gasteiger partial charge in [0.1, 0.15) is 11.6 Å². The zero-order valence-electron chi connectivity index (χ0n) is 17.1. The molecule has 0 atom stereocenters. The van der Waals surface area contributed by atoms with Crippen molar-refractivity contribution in [3.63, 3.8) is 0 Å². The molecule has 3 aliphatic heterocycles. The van der Waals surface area contributed by atoms with Gasteiger partial charge in [-0.25, -0.2) is 9.37 Å². The van der Waals surface area contributed by atoms with Crippen molar-refractivity contribution in [1.82, 2.24) is 14.5 Å². The van der Waals surface area contributed by atoms with E-state index in [0.29, 0.717) is 5.69 Å². The summed E-state index contributed by atoms with van der Waals surface area (Å²) in [7, 11) is 3.77. The van der Waals surface area contributed by atoms with E-state index in [-0.39, 0.29) is 5.82 Å². The van der Waals surface area contributed by atoms with Crippen LogP contribution < -0.4 is 9.64 Å². The first kappa shape index (κ1) is 18.2. The lowest BCUT2D eigenvalue weighted by molar-refractivity contribution is 0.312. The molecule has 0 aliphatic carbocycles. The maximum atomic E-state index is 15.2. The van der Waals surface area contributed by atoms with Crippen molar-refractivity contribution in [1.29, 1.82) is 0 Å². The highest BCUT2D eigenvalue weighted by atomic mass is 19.1. The molecule has 0 amide bonds. The third-order valence-electron chi connectivity index (χ3n) is 6.08. The van der Waals surface area contributed by atoms with Crippen LogP contribution in [0.1, 0.15) is 6.92 Å². The minimum atomic E-state index is -0.179. The van der Waals surface area contributed by atoms with Crippen molar-refractivity contribution in [2.24, 2.45) is 0 Å². The third-order valence-corrected chi connectivity index (χ3v) is 6.08. The SMILES string of the molecule is CCn1cc2c3cc(OC)ccc3nc-2c2cc(F)c(N3CCN(C)CC3)cc21. The van der Waals surface area contributed by atoms with Gasteiger partial charge in [-0.3, -0.25) is 0 Å². The van der Waals surface area contributed by atoms with E-state index in [1.165, 1.54) is 0 Å². The van der Waals surface area contributed by atoms with Crippen LogP contribution in [-0.4, -0.2) is 54.8 Å². The van der Waals surface area contributed by atoms with Crippen LogP contribution in [-0.2, 0) is 6.54 Å². The molecule has 5 nitrogen and oxygen atoms in total. The molecule has 5 rings (SSSR count). The molecular weight excluding hydrogens is 367 g/mol. The van der Waals surface area contributed by atoms with Crippen molar-refractivity contribution >= 4 is 27.5 Å². The number of nitrogens with zero attached hydrogens (tertiary/aromatic N) is 4. The number of halogens is 1. The molecule has 6 heteroatoms. The van der Waals surface area contributed by atoms with E-state index < -0.39 is 0 Å². The smallest absolute Gasteiger partial charge is 0.147 e. The molecular formula is C23H25FN4O. The number of anilines is 1. The zero-order valence-corrected chi connectivity index (χ0v) is 17.1. The van der Waals surface area contributed by atoms with E-state index in [2.05, 4.69) is 34.5 Å². The highest BCUT2D eigenvalue weighted by Gasteiger charge is 2.22. The van der Waals surface area contributed by atoms with Gasteiger partial charge in [-0.15, -0.1) is 0 Å². The molecule has 0 bridgehead atoms. The number of aromatic nitrogens is 2. The van der Waals surface area contributed by atoms with Gasteiger partial charge < -0.3 is 19.1 Å². The van der Waals surface area contributed by atoms with Crippen molar-refractivity contribution < 1.29 is 9.13 Å². The van der Waals surface area contributed by atoms with Crippen molar-refractivity contribution in [3.8, 4) is 17.0 Å². The fraction of sp³-hybridized carbons (Fsp3) is 0.348. The Morgan fingerprint density at radius 3 is 2.59 bits per heavy atom. The van der Waals surface area contributed by atoms with E-state index in [9.17, 15) is 0 Å². The van der Waals surface area contributed by atoms with Crippen LogP contribution in [0.3, 0.4) is 0 Å². The van der Waals surface area contributed by atoms with Crippen LogP contribution in [0, 0.1) is 5.82 Å². The zero-order chi connectivity index (χ0) is 20.1. The van der Waals surface area contributed by atoms with E-state index >= 15 is 4.39 Å². The molecule has 2 aromatic carbocycles. The van der Waals surface area contributed by atoms with Crippen molar-refractivity contribution in [2.75, 3.05) is 45.2 Å². The first-order valence-corrected chi connectivity index (χ1v) is 10.1. The summed E-state index contributed by atoms with van der Waals surface area (Å²) >= 11 is 0. The summed E-state index contributed by atoms with van der Waals surface area (Å²) in [5.41, 5.74) is 4.48. The average Bonchev–Trinajstić information content (AvgIpc) is 3.11. The predicted octanol–water partition coefficient (Wildman–Crippen LogP) is 4.21. The van der Waals surface area contributed by atoms with Gasteiger partial charge in [0, 0.05) is 55.3 Å². The molecule has 0 N–H and O–H groups in total. The lowest BCUT2D eigenvalue weighted by atomic mass is 10.0. The average molecular weight is 392 g/mol. The molecule has 150 valence electrons. The number of likely N-dealkylation sites (N-methyl/N-ethyl adjacent to an activating group) is 1. The summed E-state index contributed by atoms with van der Waals surface area (Å²) < 4.78 is 22.8. The van der Waals surface area contributed by atoms with Gasteiger partial charge in [-0.05, 0) is 44.3 Å². The van der Waals surface area contributed by atoms with Crippen LogP contribution in [0.15, 0.2) is 36.5 Å². The number of hydrogen-bond donors (Lipinski definition) is 0. The fourth-order valence-corrected chi connectivity index (χ4v) is 4.35. The van der Waals surface area contributed by atoms with Crippen LogP contribution in [0.25, 0.3) is 33.1 Å². The third kappa shape index (κ3) is 2.90. The maximum Gasteiger partial charge on any atom is 0.147 e. The quantitative estimate of drug-likeness (QED) is 0.523. The monoisotopic (exact) mass is 392 g/mol. The minimum Gasteiger partial charge on any atom is -0.497 e. The van der Waals surface area contributed by atoms with Crippen LogP contribution in [0.2, 0.25) is 0 Å². The summed E-state index contributed by atoms with van der Waals surface area (Å²) in [6, 6.07) is 9.55. The summed E-state index contributed by atoms with van der Waals surface area (Å²) in [5, 5.41) is 1.89. The normalized spacial score (nSPS) is 15.7. The van der Waals surface area contributed by atoms with Crippen molar-refractivity contribution in [2.45, 2.75) is 13.5 Å². The molecule has 29 heavy (non-hydrogen) atoms. The topological polar surface area (TPSA) is 33.5 Å². The number of aryl methyl sites for hydroxylation is 1. The van der Waals surface area contributed by atoms with E-state index in [0.717, 1.165) is 71.5 Å². The van der Waals surface area contributed by atoms with Gasteiger partial charge >= 0.3 is 0 Å². The number of ether oxygens (including phenoxy) is 1. The Kier molecular flexibility index (Phi) is 4.32. The number of benzene rings is 2. The summed E-state index contributed by atoms with van der Waals surface area (Å²) in [5.74, 6) is 0.619. The summed E-state index contributed by atoms with van der Waals surface area (Å²) in [4.78, 5) is 9.26. The van der Waals surface area contributed by atoms with Gasteiger partial charge in [0.15, 0.2) is 0 Å². The standard InChI is InChI=1S/C23H25FN4O/c1-4-27-14-18-16-11-15(29-3)5-6-20(16)25-23(18)17-12-19(24)22(13-21(17)27)28-9-7-26(2)8-10-28/h5-6,11-14H,4,7-10H2,1-3H3. The number of methoxy groups -OCH3 is 1. The van der Waals surface area contributed by atoms with Gasteiger partial charge in [-0.2, -0.15) is 0 Å². The Bertz CT molecular complexity index is 1180. The van der Waals surface area contributed by atoms with Crippen molar-refractivity contribution in [3.05, 3.63) is 42.3 Å². The van der Waals surface area contributed by atoms with E-state index in [4.69, 9.17) is 9.72 Å². The second kappa shape index (κ2) is 6.88. The van der Waals surface area contributed by atoms with Gasteiger partial charge in [0.05, 0.1) is 29.5 Å². The maximum absolute atomic E-state index is 15.2. The van der Waals surface area contributed by atoms with E-state index in [1.54, 1.807) is 13.2 Å².